The molecule has 2 fully saturated rings. The monoisotopic (exact) mass is 401 g/mol. The number of carbonyl (C=O) groups is 1. The van der Waals surface area contributed by atoms with Crippen LogP contribution in [-0.4, -0.2) is 73.3 Å². The highest BCUT2D eigenvalue weighted by molar-refractivity contribution is 7.10. The first-order valence-corrected chi connectivity index (χ1v) is 10.8. The molecule has 2 aromatic heterocycles. The zero-order valence-electron chi connectivity index (χ0n) is 16.3. The maximum absolute atomic E-state index is 12.6. The molecule has 0 N–H and O–H groups in total. The number of hydrogen-bond acceptors (Lipinski definition) is 7. The zero-order chi connectivity index (χ0) is 19.3. The number of anilines is 2. The third-order valence-electron chi connectivity index (χ3n) is 5.41. The van der Waals surface area contributed by atoms with Crippen LogP contribution in [0.2, 0.25) is 0 Å². The molecule has 7 nitrogen and oxygen atoms in total. The average molecular weight is 402 g/mol. The molecule has 2 aliphatic heterocycles. The van der Waals surface area contributed by atoms with E-state index in [0.717, 1.165) is 70.7 Å². The summed E-state index contributed by atoms with van der Waals surface area (Å²) in [6.07, 6.45) is 3.27. The number of morpholine rings is 1. The molecule has 8 heteroatoms. The summed E-state index contributed by atoms with van der Waals surface area (Å²) in [6.45, 7) is 8.33. The maximum Gasteiger partial charge on any atom is 0.227 e. The van der Waals surface area contributed by atoms with Crippen molar-refractivity contribution in [3.05, 3.63) is 34.2 Å². The summed E-state index contributed by atoms with van der Waals surface area (Å²) in [6, 6.07) is 4.08. The molecule has 2 aliphatic rings. The van der Waals surface area contributed by atoms with Gasteiger partial charge in [0, 0.05) is 56.8 Å². The summed E-state index contributed by atoms with van der Waals surface area (Å²) in [4.78, 5) is 29.5. The van der Waals surface area contributed by atoms with Crippen LogP contribution in [0.3, 0.4) is 0 Å². The van der Waals surface area contributed by atoms with Crippen molar-refractivity contribution in [2.24, 2.45) is 0 Å². The van der Waals surface area contributed by atoms with E-state index in [9.17, 15) is 4.79 Å². The molecule has 0 bridgehead atoms. The molecule has 28 heavy (non-hydrogen) atoms. The van der Waals surface area contributed by atoms with Crippen molar-refractivity contribution in [1.29, 1.82) is 0 Å². The lowest BCUT2D eigenvalue weighted by Crippen LogP contribution is -2.49. The first kappa shape index (κ1) is 19.1. The normalized spacial score (nSPS) is 17.8. The number of ether oxygens (including phenoxy) is 1. The van der Waals surface area contributed by atoms with Crippen LogP contribution in [0.25, 0.3) is 0 Å². The predicted molar refractivity (Wildman–Crippen MR) is 111 cm³/mol. The molecule has 4 rings (SSSR count). The summed E-state index contributed by atoms with van der Waals surface area (Å²) >= 11 is 1.74. The van der Waals surface area contributed by atoms with Crippen LogP contribution in [0.5, 0.6) is 0 Å². The van der Waals surface area contributed by atoms with Gasteiger partial charge >= 0.3 is 0 Å². The number of thiophene rings is 1. The van der Waals surface area contributed by atoms with Crippen LogP contribution in [0, 0.1) is 6.92 Å². The third-order valence-corrected chi connectivity index (χ3v) is 6.50. The molecule has 4 heterocycles. The minimum Gasteiger partial charge on any atom is -0.378 e. The summed E-state index contributed by atoms with van der Waals surface area (Å²) < 4.78 is 5.41. The molecule has 0 radical (unpaired) electrons. The second kappa shape index (κ2) is 8.87. The van der Waals surface area contributed by atoms with Crippen LogP contribution in [0.1, 0.15) is 16.9 Å². The van der Waals surface area contributed by atoms with Gasteiger partial charge in [0.15, 0.2) is 0 Å². The summed E-state index contributed by atoms with van der Waals surface area (Å²) in [7, 11) is 0. The van der Waals surface area contributed by atoms with Crippen molar-refractivity contribution in [1.82, 2.24) is 14.9 Å². The van der Waals surface area contributed by atoms with Crippen LogP contribution in [0.4, 0.5) is 11.8 Å². The van der Waals surface area contributed by atoms with Gasteiger partial charge in [0.1, 0.15) is 5.82 Å². The second-order valence-corrected chi connectivity index (χ2v) is 8.21. The number of carbonyl (C=O) groups excluding carboxylic acids is 1. The highest BCUT2D eigenvalue weighted by Gasteiger charge is 2.23. The van der Waals surface area contributed by atoms with E-state index in [1.54, 1.807) is 11.3 Å². The lowest BCUT2D eigenvalue weighted by molar-refractivity contribution is -0.131. The minimum atomic E-state index is 0.254. The fourth-order valence-corrected chi connectivity index (χ4v) is 4.57. The van der Waals surface area contributed by atoms with E-state index in [0.29, 0.717) is 6.42 Å². The van der Waals surface area contributed by atoms with Gasteiger partial charge in [0.05, 0.1) is 13.2 Å². The number of nitrogens with zero attached hydrogens (tertiary/aromatic N) is 5. The zero-order valence-corrected chi connectivity index (χ0v) is 17.2. The minimum absolute atomic E-state index is 0.254. The third kappa shape index (κ3) is 4.44. The quantitative estimate of drug-likeness (QED) is 0.763. The number of piperazine rings is 1. The van der Waals surface area contributed by atoms with Gasteiger partial charge in [-0.25, -0.2) is 4.98 Å². The molecule has 2 aromatic rings. The van der Waals surface area contributed by atoms with E-state index < -0.39 is 0 Å². The average Bonchev–Trinajstić information content (AvgIpc) is 3.17. The molecular formula is C20H27N5O2S. The Morgan fingerprint density at radius 3 is 2.61 bits per heavy atom. The largest absolute Gasteiger partial charge is 0.378 e. The molecule has 0 aromatic carbocycles. The Balaban J connectivity index is 1.30. The Morgan fingerprint density at radius 2 is 1.89 bits per heavy atom. The lowest BCUT2D eigenvalue weighted by Gasteiger charge is -2.36. The summed E-state index contributed by atoms with van der Waals surface area (Å²) in [5.74, 6) is 1.97. The number of aryl methyl sites for hydroxylation is 2. The van der Waals surface area contributed by atoms with Gasteiger partial charge in [-0.3, -0.25) is 4.79 Å². The van der Waals surface area contributed by atoms with Gasteiger partial charge in [0.2, 0.25) is 11.9 Å². The highest BCUT2D eigenvalue weighted by Crippen LogP contribution is 2.20. The molecule has 2 saturated heterocycles. The molecule has 1 amide bonds. The van der Waals surface area contributed by atoms with Gasteiger partial charge in [-0.1, -0.05) is 0 Å². The highest BCUT2D eigenvalue weighted by atomic mass is 32.1. The van der Waals surface area contributed by atoms with Gasteiger partial charge in [-0.05, 0) is 36.4 Å². The Hall–Kier alpha value is -2.19. The lowest BCUT2D eigenvalue weighted by atomic mass is 10.2. The molecule has 0 atom stereocenters. The van der Waals surface area contributed by atoms with Gasteiger partial charge in [-0.2, -0.15) is 4.98 Å². The number of amides is 1. The molecule has 0 spiro atoms. The standard InChI is InChI=1S/C20H27N5O2S/c1-16-5-15-28-17(16)2-3-19(26)24-9-7-23(8-10-24)18-4-6-21-20(22-18)25-11-13-27-14-12-25/h4-6,15H,2-3,7-14H2,1H3. The number of hydrogen-bond donors (Lipinski definition) is 0. The predicted octanol–water partition coefficient (Wildman–Crippen LogP) is 1.96. The van der Waals surface area contributed by atoms with Crippen molar-refractivity contribution in [3.8, 4) is 0 Å². The summed E-state index contributed by atoms with van der Waals surface area (Å²) in [5, 5.41) is 2.10. The number of rotatable bonds is 5. The van der Waals surface area contributed by atoms with E-state index in [4.69, 9.17) is 9.72 Å². The Bertz CT molecular complexity index is 797. The van der Waals surface area contributed by atoms with E-state index in [2.05, 4.69) is 33.2 Å². The number of aromatic nitrogens is 2. The van der Waals surface area contributed by atoms with E-state index in [1.165, 1.54) is 10.4 Å². The maximum atomic E-state index is 12.6. The molecule has 0 saturated carbocycles. The first-order valence-electron chi connectivity index (χ1n) is 9.92. The van der Waals surface area contributed by atoms with Crippen molar-refractivity contribution in [3.63, 3.8) is 0 Å². The SMILES string of the molecule is Cc1ccsc1CCC(=O)N1CCN(c2ccnc(N3CCOCC3)n2)CC1. The topological polar surface area (TPSA) is 61.8 Å². The molecule has 0 unspecified atom stereocenters. The fourth-order valence-electron chi connectivity index (χ4n) is 3.65. The molecule has 150 valence electrons. The van der Waals surface area contributed by atoms with Gasteiger partial charge in [0.25, 0.3) is 0 Å². The fraction of sp³-hybridized carbons (Fsp3) is 0.550. The van der Waals surface area contributed by atoms with E-state index >= 15 is 0 Å². The van der Waals surface area contributed by atoms with Crippen LogP contribution < -0.4 is 9.80 Å². The molecular weight excluding hydrogens is 374 g/mol. The van der Waals surface area contributed by atoms with E-state index in [-0.39, 0.29) is 5.91 Å². The van der Waals surface area contributed by atoms with Crippen LogP contribution >= 0.6 is 11.3 Å². The van der Waals surface area contributed by atoms with Gasteiger partial charge < -0.3 is 19.4 Å². The molecule has 0 aliphatic carbocycles. The van der Waals surface area contributed by atoms with Gasteiger partial charge in [-0.15, -0.1) is 11.3 Å². The first-order chi connectivity index (χ1) is 13.7. The Kier molecular flexibility index (Phi) is 6.07. The van der Waals surface area contributed by atoms with E-state index in [1.807, 2.05) is 17.2 Å². The summed E-state index contributed by atoms with van der Waals surface area (Å²) in [5.41, 5.74) is 1.29. The van der Waals surface area contributed by atoms with Crippen LogP contribution in [-0.2, 0) is 16.0 Å². The van der Waals surface area contributed by atoms with Crippen molar-refractivity contribution in [2.75, 3.05) is 62.3 Å². The van der Waals surface area contributed by atoms with Crippen molar-refractivity contribution in [2.45, 2.75) is 19.8 Å². The smallest absolute Gasteiger partial charge is 0.227 e. The van der Waals surface area contributed by atoms with Crippen LogP contribution in [0.15, 0.2) is 23.7 Å². The Morgan fingerprint density at radius 1 is 1.11 bits per heavy atom. The van der Waals surface area contributed by atoms with Crippen molar-refractivity contribution < 1.29 is 9.53 Å². The second-order valence-electron chi connectivity index (χ2n) is 7.21. The van der Waals surface area contributed by atoms with Crippen molar-refractivity contribution >= 4 is 29.0 Å². The Labute approximate surface area is 169 Å².